The molecule has 6 heteroatoms. The molecule has 0 saturated heterocycles. The molecule has 1 aromatic carbocycles. The van der Waals surface area contributed by atoms with E-state index in [1.165, 1.54) is 6.08 Å². The van der Waals surface area contributed by atoms with Crippen molar-refractivity contribution in [1.82, 2.24) is 10.6 Å². The number of rotatable bonds is 9. The summed E-state index contributed by atoms with van der Waals surface area (Å²) in [4.78, 5) is 23.1. The van der Waals surface area contributed by atoms with Crippen LogP contribution >= 0.6 is 0 Å². The van der Waals surface area contributed by atoms with Gasteiger partial charge < -0.3 is 20.1 Å². The third-order valence-electron chi connectivity index (χ3n) is 3.16. The molecule has 0 aliphatic carbocycles. The van der Waals surface area contributed by atoms with Crippen molar-refractivity contribution in [3.63, 3.8) is 0 Å². The van der Waals surface area contributed by atoms with Crippen molar-refractivity contribution in [2.75, 3.05) is 26.8 Å². The first-order valence-electron chi connectivity index (χ1n) is 8.02. The van der Waals surface area contributed by atoms with Crippen molar-refractivity contribution in [3.8, 4) is 11.5 Å². The van der Waals surface area contributed by atoms with Crippen LogP contribution in [0, 0.1) is 5.92 Å². The molecule has 6 nitrogen and oxygen atoms in total. The molecule has 0 fully saturated rings. The molecule has 2 N–H and O–H groups in total. The van der Waals surface area contributed by atoms with E-state index in [0.29, 0.717) is 31.2 Å². The Kier molecular flexibility index (Phi) is 8.39. The second-order valence-electron chi connectivity index (χ2n) is 5.41. The summed E-state index contributed by atoms with van der Waals surface area (Å²) in [6, 6.07) is 5.45. The number of nitrogens with one attached hydrogen (secondary N) is 2. The van der Waals surface area contributed by atoms with Gasteiger partial charge >= 0.3 is 0 Å². The highest BCUT2D eigenvalue weighted by Gasteiger charge is 2.06. The maximum atomic E-state index is 11.8. The van der Waals surface area contributed by atoms with E-state index in [1.54, 1.807) is 19.3 Å². The minimum Gasteiger partial charge on any atom is -0.493 e. The number of carbonyl (C=O) groups is 2. The van der Waals surface area contributed by atoms with Crippen molar-refractivity contribution in [3.05, 3.63) is 29.8 Å². The molecule has 0 aromatic heterocycles. The SMILES string of the molecule is CCOc1cc(C=CC(=O)NCCNC(=O)C(C)C)ccc1OC. The number of methoxy groups -OCH3 is 1. The summed E-state index contributed by atoms with van der Waals surface area (Å²) < 4.78 is 10.7. The van der Waals surface area contributed by atoms with Crippen LogP contribution in [0.1, 0.15) is 26.3 Å². The van der Waals surface area contributed by atoms with Gasteiger partial charge in [-0.1, -0.05) is 19.9 Å². The fourth-order valence-corrected chi connectivity index (χ4v) is 1.87. The van der Waals surface area contributed by atoms with Gasteiger partial charge in [-0.2, -0.15) is 0 Å². The number of carbonyl (C=O) groups excluding carboxylic acids is 2. The van der Waals surface area contributed by atoms with Gasteiger partial charge in [-0.3, -0.25) is 9.59 Å². The Morgan fingerprint density at radius 1 is 1.17 bits per heavy atom. The van der Waals surface area contributed by atoms with Crippen LogP contribution in [0.3, 0.4) is 0 Å². The molecule has 1 aromatic rings. The van der Waals surface area contributed by atoms with Gasteiger partial charge in [0.2, 0.25) is 11.8 Å². The molecule has 132 valence electrons. The van der Waals surface area contributed by atoms with Crippen LogP contribution < -0.4 is 20.1 Å². The van der Waals surface area contributed by atoms with Crippen molar-refractivity contribution in [2.24, 2.45) is 5.92 Å². The lowest BCUT2D eigenvalue weighted by Crippen LogP contribution is -2.35. The van der Waals surface area contributed by atoms with E-state index in [2.05, 4.69) is 10.6 Å². The fraction of sp³-hybridized carbons (Fsp3) is 0.444. The molecule has 0 unspecified atom stereocenters. The molecular weight excluding hydrogens is 308 g/mol. The van der Waals surface area contributed by atoms with Gasteiger partial charge in [0, 0.05) is 25.1 Å². The van der Waals surface area contributed by atoms with Gasteiger partial charge in [-0.15, -0.1) is 0 Å². The quantitative estimate of drug-likeness (QED) is 0.535. The van der Waals surface area contributed by atoms with E-state index >= 15 is 0 Å². The first kappa shape index (κ1) is 19.5. The number of ether oxygens (including phenoxy) is 2. The van der Waals surface area contributed by atoms with Gasteiger partial charge in [0.1, 0.15) is 0 Å². The Morgan fingerprint density at radius 2 is 1.88 bits per heavy atom. The first-order chi connectivity index (χ1) is 11.5. The Morgan fingerprint density at radius 3 is 2.50 bits per heavy atom. The number of benzene rings is 1. The van der Waals surface area contributed by atoms with E-state index in [-0.39, 0.29) is 17.7 Å². The molecule has 0 aliphatic rings. The largest absolute Gasteiger partial charge is 0.493 e. The van der Waals surface area contributed by atoms with Crippen molar-refractivity contribution < 1.29 is 19.1 Å². The molecule has 0 heterocycles. The van der Waals surface area contributed by atoms with Crippen LogP contribution in [-0.4, -0.2) is 38.6 Å². The van der Waals surface area contributed by atoms with E-state index in [9.17, 15) is 9.59 Å². The highest BCUT2D eigenvalue weighted by Crippen LogP contribution is 2.28. The average Bonchev–Trinajstić information content (AvgIpc) is 2.57. The molecule has 1 rings (SSSR count). The lowest BCUT2D eigenvalue weighted by molar-refractivity contribution is -0.124. The monoisotopic (exact) mass is 334 g/mol. The van der Waals surface area contributed by atoms with Gasteiger partial charge in [0.15, 0.2) is 11.5 Å². The summed E-state index contributed by atoms with van der Waals surface area (Å²) in [6.07, 6.45) is 3.14. The smallest absolute Gasteiger partial charge is 0.244 e. The highest BCUT2D eigenvalue weighted by atomic mass is 16.5. The number of hydrogen-bond acceptors (Lipinski definition) is 4. The Balaban J connectivity index is 2.49. The third kappa shape index (κ3) is 6.73. The van der Waals surface area contributed by atoms with Crippen molar-refractivity contribution in [1.29, 1.82) is 0 Å². The summed E-state index contributed by atoms with van der Waals surface area (Å²) in [7, 11) is 1.58. The number of amides is 2. The zero-order valence-electron chi connectivity index (χ0n) is 14.7. The zero-order valence-corrected chi connectivity index (χ0v) is 14.7. The van der Waals surface area contributed by atoms with E-state index in [1.807, 2.05) is 32.9 Å². The molecule has 0 atom stereocenters. The topological polar surface area (TPSA) is 76.7 Å². The maximum Gasteiger partial charge on any atom is 0.244 e. The van der Waals surface area contributed by atoms with Gasteiger partial charge in [-0.05, 0) is 30.7 Å². The Labute approximate surface area is 143 Å². The standard InChI is InChI=1S/C18H26N2O4/c1-5-24-16-12-14(6-8-15(16)23-4)7-9-17(21)19-10-11-20-18(22)13(2)3/h6-9,12-13H,5,10-11H2,1-4H3,(H,19,21)(H,20,22). The molecule has 0 spiro atoms. The molecule has 2 amide bonds. The average molecular weight is 334 g/mol. The molecule has 0 saturated carbocycles. The minimum atomic E-state index is -0.220. The molecule has 0 aliphatic heterocycles. The van der Waals surface area contributed by atoms with Crippen molar-refractivity contribution in [2.45, 2.75) is 20.8 Å². The normalized spacial score (nSPS) is 10.7. The summed E-state index contributed by atoms with van der Waals surface area (Å²) >= 11 is 0. The van der Waals surface area contributed by atoms with Crippen LogP contribution in [0.15, 0.2) is 24.3 Å². The second kappa shape index (κ2) is 10.3. The maximum absolute atomic E-state index is 11.8. The van der Waals surface area contributed by atoms with E-state index < -0.39 is 0 Å². The first-order valence-corrected chi connectivity index (χ1v) is 8.02. The predicted molar refractivity (Wildman–Crippen MR) is 94.1 cm³/mol. The summed E-state index contributed by atoms with van der Waals surface area (Å²) in [6.45, 7) is 6.87. The van der Waals surface area contributed by atoms with Crippen LogP contribution in [0.5, 0.6) is 11.5 Å². The zero-order chi connectivity index (χ0) is 17.9. The van der Waals surface area contributed by atoms with Crippen LogP contribution in [0.2, 0.25) is 0 Å². The predicted octanol–water partition coefficient (Wildman–Crippen LogP) is 2.00. The van der Waals surface area contributed by atoms with Crippen LogP contribution in [0.25, 0.3) is 6.08 Å². The fourth-order valence-electron chi connectivity index (χ4n) is 1.87. The van der Waals surface area contributed by atoms with Gasteiger partial charge in [0.05, 0.1) is 13.7 Å². The summed E-state index contributed by atoms with van der Waals surface area (Å²) in [5, 5.41) is 5.45. The summed E-state index contributed by atoms with van der Waals surface area (Å²) in [5.41, 5.74) is 0.836. The van der Waals surface area contributed by atoms with Crippen LogP contribution in [0.4, 0.5) is 0 Å². The van der Waals surface area contributed by atoms with Crippen molar-refractivity contribution >= 4 is 17.9 Å². The molecule has 0 bridgehead atoms. The van der Waals surface area contributed by atoms with Crippen LogP contribution in [-0.2, 0) is 9.59 Å². The van der Waals surface area contributed by atoms with E-state index in [4.69, 9.17) is 9.47 Å². The van der Waals surface area contributed by atoms with E-state index in [0.717, 1.165) is 5.56 Å². The Bertz CT molecular complexity index is 582. The summed E-state index contributed by atoms with van der Waals surface area (Å²) in [5.74, 6) is 0.984. The minimum absolute atomic E-state index is 0.0264. The molecule has 24 heavy (non-hydrogen) atoms. The second-order valence-corrected chi connectivity index (χ2v) is 5.41. The number of hydrogen-bond donors (Lipinski definition) is 2. The third-order valence-corrected chi connectivity index (χ3v) is 3.16. The molecular formula is C18H26N2O4. The highest BCUT2D eigenvalue weighted by molar-refractivity contribution is 5.91. The lowest BCUT2D eigenvalue weighted by atomic mass is 10.2. The Hall–Kier alpha value is -2.50. The lowest BCUT2D eigenvalue weighted by Gasteiger charge is -2.09. The molecule has 0 radical (unpaired) electrons. The van der Waals surface area contributed by atoms with Gasteiger partial charge in [-0.25, -0.2) is 0 Å². The van der Waals surface area contributed by atoms with Gasteiger partial charge in [0.25, 0.3) is 0 Å².